The maximum atomic E-state index is 13.4. The number of benzene rings is 2. The fraction of sp³-hybridized carbons (Fsp3) is 0.440. The number of methoxy groups -OCH3 is 1. The van der Waals surface area contributed by atoms with Crippen LogP contribution in [-0.4, -0.2) is 73.3 Å². The molecule has 0 bridgehead atoms. The molecule has 0 aromatic heterocycles. The van der Waals surface area contributed by atoms with Gasteiger partial charge in [-0.1, -0.05) is 29.8 Å². The van der Waals surface area contributed by atoms with Gasteiger partial charge >= 0.3 is 0 Å². The molecular formula is C25H32N4O2. The number of carbonyl (C=O) groups excluding carboxylic acids is 1. The molecule has 2 aromatic rings. The van der Waals surface area contributed by atoms with E-state index in [2.05, 4.69) is 48.9 Å². The van der Waals surface area contributed by atoms with Crippen LogP contribution in [-0.2, 0) is 4.79 Å². The average Bonchev–Trinajstić information content (AvgIpc) is 3.22. The van der Waals surface area contributed by atoms with E-state index >= 15 is 0 Å². The minimum atomic E-state index is -0.0965. The molecule has 6 nitrogen and oxygen atoms in total. The van der Waals surface area contributed by atoms with Crippen LogP contribution in [0.2, 0.25) is 0 Å². The number of hydrogen-bond acceptors (Lipinski definition) is 5. The van der Waals surface area contributed by atoms with Crippen molar-refractivity contribution >= 4 is 11.6 Å². The molecule has 0 spiro atoms. The van der Waals surface area contributed by atoms with E-state index in [0.29, 0.717) is 13.0 Å². The summed E-state index contributed by atoms with van der Waals surface area (Å²) in [6.07, 6.45) is 0.713. The Morgan fingerprint density at radius 3 is 2.45 bits per heavy atom. The van der Waals surface area contributed by atoms with Gasteiger partial charge in [0.2, 0.25) is 0 Å². The van der Waals surface area contributed by atoms with Gasteiger partial charge in [-0.15, -0.1) is 0 Å². The van der Waals surface area contributed by atoms with Crippen molar-refractivity contribution in [2.75, 3.05) is 46.9 Å². The van der Waals surface area contributed by atoms with Crippen LogP contribution in [0.5, 0.6) is 5.75 Å². The standard InChI is InChI=1S/C25H32N4O2/c1-18-5-6-19(2)22(15-18)23-16-24(20-7-9-21(31-4)10-8-20)29(26-23)25(30)17-28-13-11-27(3)12-14-28/h5-10,15,24H,11-14,16-17H2,1-4H3/t24-/m0/s1. The number of nitrogens with zero attached hydrogens (tertiary/aromatic N) is 4. The summed E-state index contributed by atoms with van der Waals surface area (Å²) in [6, 6.07) is 14.3. The molecule has 1 atom stereocenters. The Balaban J connectivity index is 1.61. The van der Waals surface area contributed by atoms with Crippen molar-refractivity contribution in [3.8, 4) is 5.75 Å². The number of rotatable bonds is 5. The number of hydrogen-bond donors (Lipinski definition) is 0. The van der Waals surface area contributed by atoms with Crippen LogP contribution in [0.4, 0.5) is 0 Å². The van der Waals surface area contributed by atoms with Crippen LogP contribution >= 0.6 is 0 Å². The molecule has 2 aliphatic rings. The summed E-state index contributed by atoms with van der Waals surface area (Å²) in [5.41, 5.74) is 5.58. The van der Waals surface area contributed by atoms with Gasteiger partial charge in [-0.2, -0.15) is 5.10 Å². The van der Waals surface area contributed by atoms with Gasteiger partial charge in [-0.05, 0) is 50.2 Å². The van der Waals surface area contributed by atoms with Gasteiger partial charge in [-0.3, -0.25) is 9.69 Å². The monoisotopic (exact) mass is 420 g/mol. The molecule has 0 unspecified atom stereocenters. The van der Waals surface area contributed by atoms with Gasteiger partial charge in [0.05, 0.1) is 25.4 Å². The number of amides is 1. The predicted molar refractivity (Wildman–Crippen MR) is 124 cm³/mol. The Labute approximate surface area is 185 Å². The van der Waals surface area contributed by atoms with E-state index in [1.165, 1.54) is 11.1 Å². The van der Waals surface area contributed by atoms with Crippen LogP contribution in [0.25, 0.3) is 0 Å². The van der Waals surface area contributed by atoms with E-state index < -0.39 is 0 Å². The average molecular weight is 421 g/mol. The Morgan fingerprint density at radius 1 is 1.06 bits per heavy atom. The number of carbonyl (C=O) groups is 1. The fourth-order valence-electron chi connectivity index (χ4n) is 4.31. The first-order valence-electron chi connectivity index (χ1n) is 11.0. The van der Waals surface area contributed by atoms with Crippen LogP contribution in [0.15, 0.2) is 47.6 Å². The van der Waals surface area contributed by atoms with Crippen molar-refractivity contribution in [1.29, 1.82) is 0 Å². The van der Waals surface area contributed by atoms with Crippen LogP contribution < -0.4 is 4.74 Å². The summed E-state index contributed by atoms with van der Waals surface area (Å²) in [6.45, 7) is 8.42. The predicted octanol–water partition coefficient (Wildman–Crippen LogP) is 3.24. The topological polar surface area (TPSA) is 48.4 Å². The van der Waals surface area contributed by atoms with E-state index in [-0.39, 0.29) is 11.9 Å². The molecule has 4 rings (SSSR count). The maximum absolute atomic E-state index is 13.4. The quantitative estimate of drug-likeness (QED) is 0.745. The third kappa shape index (κ3) is 4.81. The number of ether oxygens (including phenoxy) is 1. The highest BCUT2D eigenvalue weighted by molar-refractivity contribution is 6.04. The van der Waals surface area contributed by atoms with Crippen molar-refractivity contribution in [2.45, 2.75) is 26.3 Å². The van der Waals surface area contributed by atoms with E-state index in [9.17, 15) is 4.79 Å². The summed E-state index contributed by atoms with van der Waals surface area (Å²) in [7, 11) is 3.79. The summed E-state index contributed by atoms with van der Waals surface area (Å²) in [5.74, 6) is 0.874. The second-order valence-corrected chi connectivity index (χ2v) is 8.68. The normalized spacial score (nSPS) is 20.1. The molecule has 1 saturated heterocycles. The molecule has 2 aromatic carbocycles. The van der Waals surface area contributed by atoms with Gasteiger partial charge in [0.15, 0.2) is 0 Å². The van der Waals surface area contributed by atoms with Crippen molar-refractivity contribution in [3.63, 3.8) is 0 Å². The highest BCUT2D eigenvalue weighted by Crippen LogP contribution is 2.34. The highest BCUT2D eigenvalue weighted by atomic mass is 16.5. The minimum absolute atomic E-state index is 0.0608. The van der Waals surface area contributed by atoms with Gasteiger partial charge in [0.25, 0.3) is 5.91 Å². The third-order valence-electron chi connectivity index (χ3n) is 6.33. The first kappa shape index (κ1) is 21.5. The first-order valence-corrected chi connectivity index (χ1v) is 11.0. The van der Waals surface area contributed by atoms with Crippen molar-refractivity contribution in [3.05, 3.63) is 64.7 Å². The number of piperazine rings is 1. The van der Waals surface area contributed by atoms with Crippen LogP contribution in [0.1, 0.15) is 34.7 Å². The van der Waals surface area contributed by atoms with E-state index in [1.54, 1.807) is 12.1 Å². The molecule has 1 amide bonds. The Morgan fingerprint density at radius 2 is 1.77 bits per heavy atom. The second kappa shape index (κ2) is 9.20. The summed E-state index contributed by atoms with van der Waals surface area (Å²) < 4.78 is 5.31. The third-order valence-corrected chi connectivity index (χ3v) is 6.33. The van der Waals surface area contributed by atoms with Gasteiger partial charge < -0.3 is 9.64 Å². The number of aryl methyl sites for hydroxylation is 2. The molecule has 2 aliphatic heterocycles. The largest absolute Gasteiger partial charge is 0.497 e. The molecule has 6 heteroatoms. The smallest absolute Gasteiger partial charge is 0.257 e. The first-order chi connectivity index (χ1) is 14.9. The SMILES string of the molecule is COc1ccc([C@@H]2CC(c3cc(C)ccc3C)=NN2C(=O)CN2CCN(C)CC2)cc1. The number of hydrazone groups is 1. The Kier molecular flexibility index (Phi) is 6.39. The lowest BCUT2D eigenvalue weighted by molar-refractivity contribution is -0.134. The minimum Gasteiger partial charge on any atom is -0.497 e. The van der Waals surface area contributed by atoms with Gasteiger partial charge in [-0.25, -0.2) is 5.01 Å². The zero-order chi connectivity index (χ0) is 22.0. The molecule has 0 saturated carbocycles. The highest BCUT2D eigenvalue weighted by Gasteiger charge is 2.34. The molecular weight excluding hydrogens is 388 g/mol. The summed E-state index contributed by atoms with van der Waals surface area (Å²) in [4.78, 5) is 17.9. The van der Waals surface area contributed by atoms with Crippen molar-refractivity contribution in [2.24, 2.45) is 5.10 Å². The van der Waals surface area contributed by atoms with E-state index in [0.717, 1.165) is 48.8 Å². The number of likely N-dealkylation sites (N-methyl/N-ethyl adjacent to an activating group) is 1. The van der Waals surface area contributed by atoms with Gasteiger partial charge in [0, 0.05) is 38.2 Å². The lowest BCUT2D eigenvalue weighted by atomic mass is 9.95. The van der Waals surface area contributed by atoms with Crippen molar-refractivity contribution < 1.29 is 9.53 Å². The Bertz CT molecular complexity index is 962. The van der Waals surface area contributed by atoms with Crippen LogP contribution in [0.3, 0.4) is 0 Å². The summed E-state index contributed by atoms with van der Waals surface area (Å²) >= 11 is 0. The van der Waals surface area contributed by atoms with E-state index in [1.807, 2.05) is 24.3 Å². The lowest BCUT2D eigenvalue weighted by Crippen LogP contribution is -2.48. The zero-order valence-electron chi connectivity index (χ0n) is 19.0. The molecule has 0 radical (unpaired) electrons. The fourth-order valence-corrected chi connectivity index (χ4v) is 4.31. The molecule has 1 fully saturated rings. The lowest BCUT2D eigenvalue weighted by Gasteiger charge is -2.33. The molecule has 31 heavy (non-hydrogen) atoms. The Hall–Kier alpha value is -2.70. The maximum Gasteiger partial charge on any atom is 0.257 e. The molecule has 0 N–H and O–H groups in total. The van der Waals surface area contributed by atoms with Crippen LogP contribution in [0, 0.1) is 13.8 Å². The van der Waals surface area contributed by atoms with Gasteiger partial charge in [0.1, 0.15) is 5.75 Å². The molecule has 2 heterocycles. The van der Waals surface area contributed by atoms with E-state index in [4.69, 9.17) is 9.84 Å². The zero-order valence-corrected chi connectivity index (χ0v) is 19.0. The summed E-state index contributed by atoms with van der Waals surface area (Å²) in [5, 5.41) is 6.59. The van der Waals surface area contributed by atoms with Crippen molar-refractivity contribution in [1.82, 2.24) is 14.8 Å². The second-order valence-electron chi connectivity index (χ2n) is 8.68. The molecule has 164 valence electrons. The molecule has 0 aliphatic carbocycles.